The summed E-state index contributed by atoms with van der Waals surface area (Å²) in [6.45, 7) is 7.38. The molecule has 0 saturated carbocycles. The van der Waals surface area contributed by atoms with E-state index in [1.54, 1.807) is 11.3 Å². The number of ether oxygens (including phenoxy) is 1. The molecule has 1 aromatic heterocycles. The van der Waals surface area contributed by atoms with Crippen molar-refractivity contribution >= 4 is 22.9 Å². The van der Waals surface area contributed by atoms with Crippen molar-refractivity contribution in [3.63, 3.8) is 0 Å². The number of hydrogen-bond donors (Lipinski definition) is 1. The van der Waals surface area contributed by atoms with Crippen LogP contribution in [0.15, 0.2) is 36.4 Å². The van der Waals surface area contributed by atoms with Crippen LogP contribution in [0.5, 0.6) is 0 Å². The number of aliphatic hydroxyl groups is 1. The van der Waals surface area contributed by atoms with Crippen LogP contribution in [0.4, 0.5) is 5.69 Å². The topological polar surface area (TPSA) is 49.8 Å². The molecule has 0 aliphatic carbocycles. The van der Waals surface area contributed by atoms with E-state index in [4.69, 9.17) is 4.74 Å². The molecule has 0 bridgehead atoms. The van der Waals surface area contributed by atoms with E-state index in [-0.39, 0.29) is 17.9 Å². The molecule has 1 aliphatic heterocycles. The number of anilines is 1. The third kappa shape index (κ3) is 5.68. The molecule has 5 heteroatoms. The van der Waals surface area contributed by atoms with Gasteiger partial charge in [0, 0.05) is 21.4 Å². The quantitative estimate of drug-likeness (QED) is 0.512. The summed E-state index contributed by atoms with van der Waals surface area (Å²) < 4.78 is 5.96. The molecule has 0 radical (unpaired) electrons. The average Bonchev–Trinajstić information content (AvgIpc) is 3.25. The Kier molecular flexibility index (Phi) is 7.87. The standard InChI is InChI=1S/C24H33NO3S/c1-4-5-6-7-23(26)19-9-11-20(12-10-19)25-21(14-17(2)24(25)27)15-28-16-22-13-8-18(3)29-22/h8-13,17,21,23,26H,4-7,14-16H2,1-3H3/t17?,21-,23+/m1/s1. The summed E-state index contributed by atoms with van der Waals surface area (Å²) in [4.78, 5) is 17.2. The van der Waals surface area contributed by atoms with E-state index in [1.165, 1.54) is 9.75 Å². The van der Waals surface area contributed by atoms with Crippen LogP contribution in [0.25, 0.3) is 0 Å². The minimum Gasteiger partial charge on any atom is -0.388 e. The first-order valence-corrected chi connectivity index (χ1v) is 11.6. The van der Waals surface area contributed by atoms with Gasteiger partial charge in [-0.05, 0) is 49.6 Å². The molecule has 2 aromatic rings. The molecule has 1 aromatic carbocycles. The van der Waals surface area contributed by atoms with Gasteiger partial charge >= 0.3 is 0 Å². The van der Waals surface area contributed by atoms with E-state index in [2.05, 4.69) is 26.0 Å². The van der Waals surface area contributed by atoms with E-state index in [0.717, 1.165) is 43.4 Å². The summed E-state index contributed by atoms with van der Waals surface area (Å²) in [5.41, 5.74) is 1.81. The van der Waals surface area contributed by atoms with Gasteiger partial charge in [-0.25, -0.2) is 0 Å². The van der Waals surface area contributed by atoms with Crippen LogP contribution in [-0.2, 0) is 16.1 Å². The highest BCUT2D eigenvalue weighted by atomic mass is 32.1. The Labute approximate surface area is 178 Å². The number of carbonyl (C=O) groups is 1. The molecule has 1 unspecified atom stereocenters. The van der Waals surface area contributed by atoms with E-state index in [1.807, 2.05) is 36.1 Å². The van der Waals surface area contributed by atoms with Gasteiger partial charge in [-0.1, -0.05) is 45.2 Å². The van der Waals surface area contributed by atoms with Crippen LogP contribution in [0, 0.1) is 12.8 Å². The SMILES string of the molecule is CCCCC[C@H](O)c1ccc(N2C(=O)C(C)C[C@@H]2COCc2ccc(C)s2)cc1. The fraction of sp³-hybridized carbons (Fsp3) is 0.542. The first kappa shape index (κ1) is 22.0. The Balaban J connectivity index is 1.62. The Hall–Kier alpha value is -1.69. The number of thiophene rings is 1. The number of rotatable bonds is 10. The summed E-state index contributed by atoms with van der Waals surface area (Å²) in [6.07, 6.45) is 4.48. The molecular weight excluding hydrogens is 382 g/mol. The molecular formula is C24H33NO3S. The lowest BCUT2D eigenvalue weighted by Crippen LogP contribution is -2.36. The van der Waals surface area contributed by atoms with Crippen molar-refractivity contribution in [2.45, 2.75) is 71.6 Å². The van der Waals surface area contributed by atoms with Gasteiger partial charge in [0.05, 0.1) is 25.4 Å². The van der Waals surface area contributed by atoms with Crippen LogP contribution < -0.4 is 4.90 Å². The first-order valence-electron chi connectivity index (χ1n) is 10.7. The molecule has 158 valence electrons. The van der Waals surface area contributed by atoms with Crippen molar-refractivity contribution in [3.8, 4) is 0 Å². The Morgan fingerprint density at radius 2 is 1.97 bits per heavy atom. The fourth-order valence-electron chi connectivity index (χ4n) is 3.98. The highest BCUT2D eigenvalue weighted by Gasteiger charge is 2.37. The van der Waals surface area contributed by atoms with Crippen molar-refractivity contribution in [1.29, 1.82) is 0 Å². The van der Waals surface area contributed by atoms with Crippen molar-refractivity contribution in [2.75, 3.05) is 11.5 Å². The molecule has 3 atom stereocenters. The number of unbranched alkanes of at least 4 members (excludes halogenated alkanes) is 2. The number of aliphatic hydroxyl groups excluding tert-OH is 1. The molecule has 1 fully saturated rings. The minimum absolute atomic E-state index is 0.00638. The fourth-order valence-corrected chi connectivity index (χ4v) is 4.81. The zero-order chi connectivity index (χ0) is 20.8. The highest BCUT2D eigenvalue weighted by molar-refractivity contribution is 7.11. The molecule has 1 saturated heterocycles. The maximum atomic E-state index is 12.8. The Bertz CT molecular complexity index is 786. The predicted molar refractivity (Wildman–Crippen MR) is 119 cm³/mol. The van der Waals surface area contributed by atoms with Crippen molar-refractivity contribution in [2.24, 2.45) is 5.92 Å². The van der Waals surface area contributed by atoms with Crippen LogP contribution in [0.2, 0.25) is 0 Å². The largest absolute Gasteiger partial charge is 0.388 e. The van der Waals surface area contributed by atoms with Crippen LogP contribution in [0.3, 0.4) is 0 Å². The van der Waals surface area contributed by atoms with Crippen molar-refractivity contribution in [3.05, 3.63) is 51.7 Å². The Morgan fingerprint density at radius 3 is 2.62 bits per heavy atom. The maximum Gasteiger partial charge on any atom is 0.230 e. The van der Waals surface area contributed by atoms with Gasteiger partial charge in [0.1, 0.15) is 0 Å². The molecule has 29 heavy (non-hydrogen) atoms. The highest BCUT2D eigenvalue weighted by Crippen LogP contribution is 2.32. The minimum atomic E-state index is -0.433. The monoisotopic (exact) mass is 415 g/mol. The predicted octanol–water partition coefficient (Wildman–Crippen LogP) is 5.63. The lowest BCUT2D eigenvalue weighted by atomic mass is 10.0. The third-order valence-corrected chi connectivity index (χ3v) is 6.61. The van der Waals surface area contributed by atoms with Crippen molar-refractivity contribution in [1.82, 2.24) is 0 Å². The normalized spacial score (nSPS) is 20.4. The summed E-state index contributed by atoms with van der Waals surface area (Å²) in [5.74, 6) is 0.161. The van der Waals surface area contributed by atoms with Gasteiger partial charge in [-0.2, -0.15) is 0 Å². The zero-order valence-corrected chi connectivity index (χ0v) is 18.6. The van der Waals surface area contributed by atoms with Gasteiger partial charge < -0.3 is 14.7 Å². The second-order valence-corrected chi connectivity index (χ2v) is 9.50. The number of nitrogens with zero attached hydrogens (tertiary/aromatic N) is 1. The van der Waals surface area contributed by atoms with Gasteiger partial charge in [-0.3, -0.25) is 4.79 Å². The van der Waals surface area contributed by atoms with Gasteiger partial charge in [0.15, 0.2) is 0 Å². The lowest BCUT2D eigenvalue weighted by Gasteiger charge is -2.25. The molecule has 0 spiro atoms. The van der Waals surface area contributed by atoms with Gasteiger partial charge in [0.25, 0.3) is 0 Å². The molecule has 4 nitrogen and oxygen atoms in total. The van der Waals surface area contributed by atoms with E-state index < -0.39 is 6.10 Å². The number of benzene rings is 1. The average molecular weight is 416 g/mol. The van der Waals surface area contributed by atoms with E-state index in [9.17, 15) is 9.90 Å². The summed E-state index contributed by atoms with van der Waals surface area (Å²) in [7, 11) is 0. The molecule has 1 amide bonds. The number of carbonyl (C=O) groups excluding carboxylic acids is 1. The second-order valence-electron chi connectivity index (χ2n) is 8.13. The number of hydrogen-bond acceptors (Lipinski definition) is 4. The van der Waals surface area contributed by atoms with Crippen molar-refractivity contribution < 1.29 is 14.6 Å². The molecule has 1 N–H and O–H groups in total. The van der Waals surface area contributed by atoms with E-state index in [0.29, 0.717) is 13.2 Å². The van der Waals surface area contributed by atoms with E-state index >= 15 is 0 Å². The lowest BCUT2D eigenvalue weighted by molar-refractivity contribution is -0.120. The number of amides is 1. The second kappa shape index (κ2) is 10.4. The molecule has 1 aliphatic rings. The molecule has 2 heterocycles. The summed E-state index contributed by atoms with van der Waals surface area (Å²) in [5, 5.41) is 10.4. The molecule has 3 rings (SSSR count). The Morgan fingerprint density at radius 1 is 1.21 bits per heavy atom. The smallest absolute Gasteiger partial charge is 0.230 e. The summed E-state index contributed by atoms with van der Waals surface area (Å²) in [6, 6.07) is 12.1. The van der Waals surface area contributed by atoms with Crippen LogP contribution in [-0.4, -0.2) is 23.7 Å². The zero-order valence-electron chi connectivity index (χ0n) is 17.8. The number of aryl methyl sites for hydroxylation is 1. The third-order valence-electron chi connectivity index (χ3n) is 5.64. The first-order chi connectivity index (χ1) is 14.0. The van der Waals surface area contributed by atoms with Gasteiger partial charge in [-0.15, -0.1) is 11.3 Å². The van der Waals surface area contributed by atoms with Gasteiger partial charge in [0.2, 0.25) is 5.91 Å². The van der Waals surface area contributed by atoms with Crippen LogP contribution >= 0.6 is 11.3 Å². The summed E-state index contributed by atoms with van der Waals surface area (Å²) >= 11 is 1.75. The van der Waals surface area contributed by atoms with Crippen LogP contribution in [0.1, 0.15) is 67.4 Å². The maximum absolute atomic E-state index is 12.8.